The summed E-state index contributed by atoms with van der Waals surface area (Å²) in [5, 5.41) is 8.23. The molecule has 6 nitrogen and oxygen atoms in total. The highest BCUT2D eigenvalue weighted by Gasteiger charge is 2.22. The Kier molecular flexibility index (Phi) is 10.2. The van der Waals surface area contributed by atoms with E-state index in [1.54, 1.807) is 42.5 Å². The van der Waals surface area contributed by atoms with Crippen LogP contribution in [-0.4, -0.2) is 17.7 Å². The van der Waals surface area contributed by atoms with Gasteiger partial charge in [0.1, 0.15) is 10.9 Å². The summed E-state index contributed by atoms with van der Waals surface area (Å²) in [6.07, 6.45) is 1.67. The molecule has 7 heteroatoms. The van der Waals surface area contributed by atoms with Crippen molar-refractivity contribution in [3.63, 3.8) is 0 Å². The lowest BCUT2D eigenvalue weighted by molar-refractivity contribution is -0.116. The summed E-state index contributed by atoms with van der Waals surface area (Å²) in [6.45, 7) is 3.93. The summed E-state index contributed by atoms with van der Waals surface area (Å²) in [5.41, 5.74) is 5.59. The molecule has 1 atom stereocenters. The number of carbonyl (C=O) groups excluding carboxylic acids is 3. The zero-order valence-corrected chi connectivity index (χ0v) is 25.8. The minimum Gasteiger partial charge on any atom is -0.325 e. The van der Waals surface area contributed by atoms with Crippen LogP contribution >= 0.6 is 11.8 Å². The van der Waals surface area contributed by atoms with E-state index >= 15 is 0 Å². The van der Waals surface area contributed by atoms with Gasteiger partial charge in [0.2, 0.25) is 5.91 Å². The van der Waals surface area contributed by atoms with Crippen molar-refractivity contribution in [1.82, 2.24) is 5.32 Å². The average Bonchev–Trinajstić information content (AvgIpc) is 3.05. The van der Waals surface area contributed by atoms with E-state index in [-0.39, 0.29) is 17.5 Å². The molecule has 0 radical (unpaired) electrons. The van der Waals surface area contributed by atoms with Crippen molar-refractivity contribution < 1.29 is 14.4 Å². The second-order valence-electron chi connectivity index (χ2n) is 10.5. The molecule has 5 aromatic carbocycles. The SMILES string of the molecule is Cc1cccc(NC(=O)C(Sc2ccc(NC(=O)/C(=C/c3ccccc3C)NC(=O)c3ccccc3)cc2)c2ccccc2)c1. The first-order valence-corrected chi connectivity index (χ1v) is 15.4. The lowest BCUT2D eigenvalue weighted by Gasteiger charge is -2.18. The normalized spacial score (nSPS) is 11.7. The Morgan fingerprint density at radius 2 is 1.33 bits per heavy atom. The van der Waals surface area contributed by atoms with E-state index in [4.69, 9.17) is 0 Å². The predicted molar refractivity (Wildman–Crippen MR) is 183 cm³/mol. The number of hydrogen-bond acceptors (Lipinski definition) is 4. The third-order valence-electron chi connectivity index (χ3n) is 7.01. The highest BCUT2D eigenvalue weighted by atomic mass is 32.2. The predicted octanol–water partition coefficient (Wildman–Crippen LogP) is 8.19. The molecule has 0 fully saturated rings. The second-order valence-corrected chi connectivity index (χ2v) is 11.7. The maximum Gasteiger partial charge on any atom is 0.272 e. The van der Waals surface area contributed by atoms with Crippen molar-refractivity contribution in [2.24, 2.45) is 0 Å². The zero-order valence-electron chi connectivity index (χ0n) is 25.0. The number of thioether (sulfide) groups is 1. The second kappa shape index (κ2) is 14.9. The minimum atomic E-state index is -0.496. The molecule has 0 heterocycles. The summed E-state index contributed by atoms with van der Waals surface area (Å²) < 4.78 is 0. The molecule has 0 saturated heterocycles. The summed E-state index contributed by atoms with van der Waals surface area (Å²) in [6, 6.07) is 41.0. The third kappa shape index (κ3) is 8.59. The summed E-state index contributed by atoms with van der Waals surface area (Å²) >= 11 is 1.42. The van der Waals surface area contributed by atoms with Crippen LogP contribution in [0.15, 0.2) is 144 Å². The van der Waals surface area contributed by atoms with Crippen LogP contribution in [-0.2, 0) is 9.59 Å². The molecular formula is C38H33N3O3S. The molecule has 5 aromatic rings. The minimum absolute atomic E-state index is 0.119. The fraction of sp³-hybridized carbons (Fsp3) is 0.0789. The van der Waals surface area contributed by atoms with E-state index in [2.05, 4.69) is 16.0 Å². The molecule has 224 valence electrons. The van der Waals surface area contributed by atoms with E-state index in [1.807, 2.05) is 111 Å². The van der Waals surface area contributed by atoms with Crippen LogP contribution in [0.5, 0.6) is 0 Å². The molecule has 0 aromatic heterocycles. The molecular weight excluding hydrogens is 579 g/mol. The van der Waals surface area contributed by atoms with Gasteiger partial charge in [-0.3, -0.25) is 14.4 Å². The average molecular weight is 612 g/mol. The van der Waals surface area contributed by atoms with Gasteiger partial charge in [-0.15, -0.1) is 11.8 Å². The number of hydrogen-bond donors (Lipinski definition) is 3. The Balaban J connectivity index is 1.33. The van der Waals surface area contributed by atoms with E-state index in [0.717, 1.165) is 32.8 Å². The van der Waals surface area contributed by atoms with Gasteiger partial charge in [-0.1, -0.05) is 84.9 Å². The van der Waals surface area contributed by atoms with Crippen molar-refractivity contribution in [2.45, 2.75) is 24.0 Å². The summed E-state index contributed by atoms with van der Waals surface area (Å²) in [5.74, 6) is -0.967. The fourth-order valence-electron chi connectivity index (χ4n) is 4.63. The van der Waals surface area contributed by atoms with E-state index in [0.29, 0.717) is 11.3 Å². The van der Waals surface area contributed by atoms with Gasteiger partial charge in [-0.2, -0.15) is 0 Å². The zero-order chi connectivity index (χ0) is 31.6. The van der Waals surface area contributed by atoms with Gasteiger partial charge in [0, 0.05) is 21.8 Å². The van der Waals surface area contributed by atoms with Crippen LogP contribution in [0.4, 0.5) is 11.4 Å². The summed E-state index contributed by atoms with van der Waals surface area (Å²) in [4.78, 5) is 40.8. The lowest BCUT2D eigenvalue weighted by Crippen LogP contribution is -2.30. The molecule has 0 aliphatic heterocycles. The maximum absolute atomic E-state index is 13.5. The van der Waals surface area contributed by atoms with Crippen molar-refractivity contribution in [3.8, 4) is 0 Å². The molecule has 5 rings (SSSR count). The Labute approximate surface area is 267 Å². The molecule has 45 heavy (non-hydrogen) atoms. The van der Waals surface area contributed by atoms with Gasteiger partial charge in [-0.25, -0.2) is 0 Å². The van der Waals surface area contributed by atoms with Gasteiger partial charge >= 0.3 is 0 Å². The Hall–Kier alpha value is -5.40. The first-order valence-electron chi connectivity index (χ1n) is 14.5. The number of aryl methyl sites for hydroxylation is 2. The van der Waals surface area contributed by atoms with E-state index < -0.39 is 11.2 Å². The molecule has 0 bridgehead atoms. The molecule has 3 N–H and O–H groups in total. The molecule has 0 aliphatic rings. The number of rotatable bonds is 10. The lowest BCUT2D eigenvalue weighted by atomic mass is 10.1. The molecule has 1 unspecified atom stereocenters. The van der Waals surface area contributed by atoms with Gasteiger partial charge < -0.3 is 16.0 Å². The van der Waals surface area contributed by atoms with Crippen LogP contribution in [0.1, 0.15) is 37.9 Å². The van der Waals surface area contributed by atoms with E-state index in [1.165, 1.54) is 11.8 Å². The number of amides is 3. The number of nitrogens with one attached hydrogen (secondary N) is 3. The highest BCUT2D eigenvalue weighted by molar-refractivity contribution is 8.00. The van der Waals surface area contributed by atoms with Crippen LogP contribution in [0.3, 0.4) is 0 Å². The highest BCUT2D eigenvalue weighted by Crippen LogP contribution is 2.37. The van der Waals surface area contributed by atoms with Crippen molar-refractivity contribution in [2.75, 3.05) is 10.6 Å². The van der Waals surface area contributed by atoms with Crippen molar-refractivity contribution in [1.29, 1.82) is 0 Å². The van der Waals surface area contributed by atoms with Crippen molar-refractivity contribution >= 4 is 46.9 Å². The van der Waals surface area contributed by atoms with Crippen LogP contribution < -0.4 is 16.0 Å². The maximum atomic E-state index is 13.5. The van der Waals surface area contributed by atoms with Gasteiger partial charge in [-0.05, 0) is 90.7 Å². The fourth-order valence-corrected chi connectivity index (χ4v) is 5.65. The van der Waals surface area contributed by atoms with Gasteiger partial charge in [0.05, 0.1) is 0 Å². The Bertz CT molecular complexity index is 1820. The van der Waals surface area contributed by atoms with Gasteiger partial charge in [0.25, 0.3) is 11.8 Å². The quantitative estimate of drug-likeness (QED) is 0.110. The number of carbonyl (C=O) groups is 3. The van der Waals surface area contributed by atoms with Crippen LogP contribution in [0.2, 0.25) is 0 Å². The first kappa shape index (κ1) is 31.0. The third-order valence-corrected chi connectivity index (χ3v) is 8.28. The Morgan fingerprint density at radius 1 is 0.667 bits per heavy atom. The van der Waals surface area contributed by atoms with Crippen LogP contribution in [0, 0.1) is 13.8 Å². The molecule has 0 aliphatic carbocycles. The number of benzene rings is 5. The smallest absolute Gasteiger partial charge is 0.272 e. The topological polar surface area (TPSA) is 87.3 Å². The molecule has 3 amide bonds. The monoisotopic (exact) mass is 611 g/mol. The molecule has 0 saturated carbocycles. The van der Waals surface area contributed by atoms with Crippen LogP contribution in [0.25, 0.3) is 6.08 Å². The van der Waals surface area contributed by atoms with E-state index in [9.17, 15) is 14.4 Å². The number of anilines is 2. The molecule has 0 spiro atoms. The Morgan fingerprint density at radius 3 is 2.02 bits per heavy atom. The largest absolute Gasteiger partial charge is 0.325 e. The summed E-state index contributed by atoms with van der Waals surface area (Å²) in [7, 11) is 0. The standard InChI is InChI=1S/C38H33N3O3S/c1-26-12-11-19-32(24-26)40-38(44)35(28-14-5-3-6-15-28)45-33-22-20-31(21-23-33)39-37(43)34(25-30-18-10-9-13-27(30)2)41-36(42)29-16-7-4-8-17-29/h3-25,35H,1-2H3,(H,39,43)(H,40,44)(H,41,42)/b34-25-. The first-order chi connectivity index (χ1) is 21.9. The van der Waals surface area contributed by atoms with Gasteiger partial charge in [0.15, 0.2) is 0 Å². The van der Waals surface area contributed by atoms with Crippen molar-refractivity contribution in [3.05, 3.63) is 167 Å².